The summed E-state index contributed by atoms with van der Waals surface area (Å²) in [6.45, 7) is 0. The molecule has 1 heterocycles. The van der Waals surface area contributed by atoms with Gasteiger partial charge in [0.2, 0.25) is 0 Å². The number of pyridine rings is 1. The number of ether oxygens (including phenoxy) is 1. The summed E-state index contributed by atoms with van der Waals surface area (Å²) >= 11 is 0. The fourth-order valence-electron chi connectivity index (χ4n) is 1.69. The summed E-state index contributed by atoms with van der Waals surface area (Å²) in [6.07, 6.45) is -1.93. The van der Waals surface area contributed by atoms with E-state index in [0.717, 1.165) is 6.07 Å². The minimum absolute atomic E-state index is 0.109. The van der Waals surface area contributed by atoms with Crippen LogP contribution in [0.3, 0.4) is 0 Å². The first kappa shape index (κ1) is 13.2. The smallest absolute Gasteiger partial charge is 0.419 e. The number of rotatable bonds is 2. The second kappa shape index (κ2) is 4.79. The Morgan fingerprint density at radius 1 is 1.11 bits per heavy atom. The molecule has 1 N–H and O–H groups in total. The van der Waals surface area contributed by atoms with Gasteiger partial charge in [0.1, 0.15) is 11.5 Å². The van der Waals surface area contributed by atoms with E-state index in [2.05, 4.69) is 4.98 Å². The van der Waals surface area contributed by atoms with Gasteiger partial charge < -0.3 is 9.84 Å². The Kier molecular flexibility index (Phi) is 3.33. The van der Waals surface area contributed by atoms with Crippen LogP contribution in [0.15, 0.2) is 36.7 Å². The molecule has 1 aromatic carbocycles. The molecule has 0 spiro atoms. The molecule has 100 valence electrons. The molecule has 0 aliphatic heterocycles. The van der Waals surface area contributed by atoms with Crippen molar-refractivity contribution in [2.24, 2.45) is 0 Å². The highest BCUT2D eigenvalue weighted by atomic mass is 19.4. The highest BCUT2D eigenvalue weighted by Crippen LogP contribution is 2.38. The Labute approximate surface area is 107 Å². The van der Waals surface area contributed by atoms with Gasteiger partial charge in [-0.25, -0.2) is 0 Å². The summed E-state index contributed by atoms with van der Waals surface area (Å²) in [4.78, 5) is 3.73. The number of nitrogens with zero attached hydrogens (tertiary/aromatic N) is 1. The normalized spacial score (nSPS) is 11.4. The summed E-state index contributed by atoms with van der Waals surface area (Å²) in [6, 6.07) is 5.02. The van der Waals surface area contributed by atoms with Crippen molar-refractivity contribution in [3.05, 3.63) is 42.2 Å². The number of aromatic nitrogens is 1. The predicted molar refractivity (Wildman–Crippen MR) is 62.9 cm³/mol. The van der Waals surface area contributed by atoms with Gasteiger partial charge in [-0.2, -0.15) is 13.2 Å². The first-order chi connectivity index (χ1) is 8.91. The molecule has 0 bridgehead atoms. The van der Waals surface area contributed by atoms with Gasteiger partial charge in [0.05, 0.1) is 18.9 Å². The zero-order chi connectivity index (χ0) is 14.0. The monoisotopic (exact) mass is 269 g/mol. The van der Waals surface area contributed by atoms with Crippen LogP contribution in [0.1, 0.15) is 5.56 Å². The van der Waals surface area contributed by atoms with E-state index in [0.29, 0.717) is 11.1 Å². The third kappa shape index (κ3) is 2.78. The molecule has 0 atom stereocenters. The van der Waals surface area contributed by atoms with E-state index in [-0.39, 0.29) is 11.5 Å². The van der Waals surface area contributed by atoms with Crippen LogP contribution in [0.4, 0.5) is 13.2 Å². The van der Waals surface area contributed by atoms with Gasteiger partial charge in [-0.1, -0.05) is 6.07 Å². The van der Waals surface area contributed by atoms with Crippen molar-refractivity contribution in [1.29, 1.82) is 0 Å². The molecule has 6 heteroatoms. The molecule has 0 radical (unpaired) electrons. The van der Waals surface area contributed by atoms with E-state index in [9.17, 15) is 18.3 Å². The zero-order valence-electron chi connectivity index (χ0n) is 9.90. The van der Waals surface area contributed by atoms with Crippen molar-refractivity contribution < 1.29 is 23.0 Å². The summed E-state index contributed by atoms with van der Waals surface area (Å²) in [5, 5.41) is 9.29. The first-order valence-electron chi connectivity index (χ1n) is 5.31. The Hall–Kier alpha value is -2.24. The van der Waals surface area contributed by atoms with Crippen LogP contribution < -0.4 is 4.74 Å². The summed E-state index contributed by atoms with van der Waals surface area (Å²) in [5.41, 5.74) is -0.166. The lowest BCUT2D eigenvalue weighted by Gasteiger charge is -2.13. The molecule has 0 saturated heterocycles. The Morgan fingerprint density at radius 2 is 1.84 bits per heavy atom. The van der Waals surface area contributed by atoms with Crippen molar-refractivity contribution >= 4 is 0 Å². The van der Waals surface area contributed by atoms with Gasteiger partial charge in [0.25, 0.3) is 0 Å². The standard InChI is InChI=1S/C13H10F3NO2/c1-19-12-3-2-8(5-11(12)13(14,15)16)9-4-10(18)7-17-6-9/h2-7,18H,1H3. The topological polar surface area (TPSA) is 42.4 Å². The lowest BCUT2D eigenvalue weighted by molar-refractivity contribution is -0.138. The van der Waals surface area contributed by atoms with Gasteiger partial charge in [0.15, 0.2) is 0 Å². The van der Waals surface area contributed by atoms with Crippen LogP contribution in [-0.2, 0) is 6.18 Å². The molecule has 0 unspecified atom stereocenters. The predicted octanol–water partition coefficient (Wildman–Crippen LogP) is 3.48. The molecule has 0 aliphatic carbocycles. The molecule has 2 rings (SSSR count). The molecule has 0 amide bonds. The van der Waals surface area contributed by atoms with E-state index in [1.165, 1.54) is 37.7 Å². The highest BCUT2D eigenvalue weighted by molar-refractivity contribution is 5.66. The number of hydrogen-bond acceptors (Lipinski definition) is 3. The van der Waals surface area contributed by atoms with E-state index in [4.69, 9.17) is 4.74 Å². The van der Waals surface area contributed by atoms with Crippen LogP contribution in [0.25, 0.3) is 11.1 Å². The van der Waals surface area contributed by atoms with Crippen LogP contribution in [0, 0.1) is 0 Å². The molecule has 3 nitrogen and oxygen atoms in total. The van der Waals surface area contributed by atoms with E-state index < -0.39 is 11.7 Å². The maximum absolute atomic E-state index is 12.9. The van der Waals surface area contributed by atoms with Gasteiger partial charge in [0, 0.05) is 11.8 Å². The Morgan fingerprint density at radius 3 is 2.42 bits per heavy atom. The van der Waals surface area contributed by atoms with Crippen molar-refractivity contribution in [3.8, 4) is 22.6 Å². The fourth-order valence-corrected chi connectivity index (χ4v) is 1.69. The number of methoxy groups -OCH3 is 1. The van der Waals surface area contributed by atoms with Crippen LogP contribution in [0.2, 0.25) is 0 Å². The molecule has 0 aliphatic rings. The summed E-state index contributed by atoms with van der Waals surface area (Å²) < 4.78 is 43.3. The minimum Gasteiger partial charge on any atom is -0.506 e. The number of benzene rings is 1. The zero-order valence-corrected chi connectivity index (χ0v) is 9.90. The van der Waals surface area contributed by atoms with Crippen LogP contribution >= 0.6 is 0 Å². The molecule has 1 aromatic heterocycles. The van der Waals surface area contributed by atoms with Gasteiger partial charge in [-0.05, 0) is 23.8 Å². The second-order valence-electron chi connectivity index (χ2n) is 3.84. The lowest BCUT2D eigenvalue weighted by Crippen LogP contribution is -2.07. The third-order valence-corrected chi connectivity index (χ3v) is 2.56. The Bertz CT molecular complexity index is 597. The quantitative estimate of drug-likeness (QED) is 0.907. The molecular formula is C13H10F3NO2. The number of alkyl halides is 3. The SMILES string of the molecule is COc1ccc(-c2cncc(O)c2)cc1C(F)(F)F. The number of aromatic hydroxyl groups is 1. The Balaban J connectivity index is 2.55. The van der Waals surface area contributed by atoms with Crippen molar-refractivity contribution in [1.82, 2.24) is 4.98 Å². The molecular weight excluding hydrogens is 259 g/mol. The maximum Gasteiger partial charge on any atom is 0.419 e. The first-order valence-corrected chi connectivity index (χ1v) is 5.31. The van der Waals surface area contributed by atoms with Gasteiger partial charge >= 0.3 is 6.18 Å². The molecule has 19 heavy (non-hydrogen) atoms. The highest BCUT2D eigenvalue weighted by Gasteiger charge is 2.34. The minimum atomic E-state index is -4.51. The van der Waals surface area contributed by atoms with Gasteiger partial charge in [-0.3, -0.25) is 4.98 Å². The van der Waals surface area contributed by atoms with Gasteiger partial charge in [-0.15, -0.1) is 0 Å². The number of hydrogen-bond donors (Lipinski definition) is 1. The summed E-state index contributed by atoms with van der Waals surface area (Å²) in [5.74, 6) is -0.355. The third-order valence-electron chi connectivity index (χ3n) is 2.56. The largest absolute Gasteiger partial charge is 0.506 e. The average molecular weight is 269 g/mol. The molecule has 0 saturated carbocycles. The van der Waals surface area contributed by atoms with Crippen LogP contribution in [0.5, 0.6) is 11.5 Å². The van der Waals surface area contributed by atoms with E-state index in [1.807, 2.05) is 0 Å². The average Bonchev–Trinajstić information content (AvgIpc) is 2.37. The molecule has 2 aromatic rings. The van der Waals surface area contributed by atoms with Crippen molar-refractivity contribution in [3.63, 3.8) is 0 Å². The number of halogens is 3. The fraction of sp³-hybridized carbons (Fsp3) is 0.154. The molecule has 0 fully saturated rings. The van der Waals surface area contributed by atoms with Crippen LogP contribution in [-0.4, -0.2) is 17.2 Å². The van der Waals surface area contributed by atoms with Crippen molar-refractivity contribution in [2.45, 2.75) is 6.18 Å². The van der Waals surface area contributed by atoms with E-state index in [1.54, 1.807) is 0 Å². The summed E-state index contributed by atoms with van der Waals surface area (Å²) in [7, 11) is 1.18. The van der Waals surface area contributed by atoms with E-state index >= 15 is 0 Å². The lowest BCUT2D eigenvalue weighted by atomic mass is 10.0. The van der Waals surface area contributed by atoms with Crippen molar-refractivity contribution in [2.75, 3.05) is 7.11 Å². The maximum atomic E-state index is 12.9. The second-order valence-corrected chi connectivity index (χ2v) is 3.84.